The number of aromatic nitrogens is 2. The van der Waals surface area contributed by atoms with E-state index in [9.17, 15) is 18.3 Å². The smallest absolute Gasteiger partial charge is 0.387 e. The minimum Gasteiger partial charge on any atom is -0.387 e. The molecule has 0 amide bonds. The molecule has 124 valence electrons. The van der Waals surface area contributed by atoms with Gasteiger partial charge in [0.05, 0.1) is 11.7 Å². The molecule has 4 nitrogen and oxygen atoms in total. The molecule has 0 fully saturated rings. The number of hydrogen-bond donors (Lipinski definition) is 2. The molecule has 0 aliphatic rings. The lowest BCUT2D eigenvalue weighted by Crippen LogP contribution is -2.15. The topological polar surface area (TPSA) is 58.0 Å². The molecule has 7 heteroatoms. The Labute approximate surface area is 132 Å². The minimum atomic E-state index is -4.43. The highest BCUT2D eigenvalue weighted by Gasteiger charge is 2.30. The summed E-state index contributed by atoms with van der Waals surface area (Å²) in [4.78, 5) is 8.40. The molecule has 0 radical (unpaired) electrons. The van der Waals surface area contributed by atoms with Crippen LogP contribution in [-0.2, 0) is 12.6 Å². The fraction of sp³-hybridized carbons (Fsp3) is 0.375. The zero-order valence-electron chi connectivity index (χ0n) is 12.9. The van der Waals surface area contributed by atoms with Gasteiger partial charge in [0.15, 0.2) is 0 Å². The minimum absolute atomic E-state index is 0.0214. The first-order valence-electron chi connectivity index (χ1n) is 7.23. The third-order valence-corrected chi connectivity index (χ3v) is 3.46. The lowest BCUT2D eigenvalue weighted by atomic mass is 10.1. The van der Waals surface area contributed by atoms with E-state index in [4.69, 9.17) is 0 Å². The van der Waals surface area contributed by atoms with Gasteiger partial charge in [-0.1, -0.05) is 19.1 Å². The second-order valence-corrected chi connectivity index (χ2v) is 5.20. The lowest BCUT2D eigenvalue weighted by Gasteiger charge is -2.15. The Morgan fingerprint density at radius 2 is 2.04 bits per heavy atom. The summed E-state index contributed by atoms with van der Waals surface area (Å²) in [6, 6.07) is 4.65. The van der Waals surface area contributed by atoms with Crippen LogP contribution in [0.2, 0.25) is 0 Å². The van der Waals surface area contributed by atoms with Crippen LogP contribution < -0.4 is 5.32 Å². The summed E-state index contributed by atoms with van der Waals surface area (Å²) >= 11 is 0. The number of aryl methyl sites for hydroxylation is 2. The average molecular weight is 325 g/mol. The molecule has 23 heavy (non-hydrogen) atoms. The summed E-state index contributed by atoms with van der Waals surface area (Å²) in [6.07, 6.45) is -3.10. The van der Waals surface area contributed by atoms with Crippen molar-refractivity contribution in [3.8, 4) is 0 Å². The van der Waals surface area contributed by atoms with Gasteiger partial charge < -0.3 is 10.4 Å². The van der Waals surface area contributed by atoms with E-state index in [-0.39, 0.29) is 12.1 Å². The maximum absolute atomic E-state index is 12.7. The monoisotopic (exact) mass is 325 g/mol. The standard InChI is InChI=1S/C16H18F3N3O/c1-3-13-10(2)8-20-15(22-13)21-9-14(23)11-5-4-6-12(7-11)16(17,18)19/h4-8,14,23H,3,9H2,1-2H3,(H,20,21,22)/t14-/m0/s1. The van der Waals surface area contributed by atoms with E-state index in [1.54, 1.807) is 6.20 Å². The Kier molecular flexibility index (Phi) is 5.20. The fourth-order valence-corrected chi connectivity index (χ4v) is 2.15. The van der Waals surface area contributed by atoms with Crippen molar-refractivity contribution in [2.45, 2.75) is 32.5 Å². The van der Waals surface area contributed by atoms with Gasteiger partial charge in [0.25, 0.3) is 0 Å². The SMILES string of the molecule is CCc1nc(NC[C@H](O)c2cccc(C(F)(F)F)c2)ncc1C. The first kappa shape index (κ1) is 17.2. The van der Waals surface area contributed by atoms with Gasteiger partial charge in [0, 0.05) is 18.4 Å². The number of aliphatic hydroxyl groups is 1. The van der Waals surface area contributed by atoms with Crippen LogP contribution in [0.15, 0.2) is 30.5 Å². The quantitative estimate of drug-likeness (QED) is 0.883. The molecule has 0 spiro atoms. The average Bonchev–Trinajstić information content (AvgIpc) is 2.53. The van der Waals surface area contributed by atoms with Gasteiger partial charge in [-0.3, -0.25) is 0 Å². The number of rotatable bonds is 5. The number of halogens is 3. The van der Waals surface area contributed by atoms with Crippen LogP contribution in [0.5, 0.6) is 0 Å². The molecular weight excluding hydrogens is 307 g/mol. The van der Waals surface area contributed by atoms with E-state index in [2.05, 4.69) is 15.3 Å². The first-order chi connectivity index (χ1) is 10.8. The second kappa shape index (κ2) is 6.95. The first-order valence-corrected chi connectivity index (χ1v) is 7.23. The molecule has 0 bridgehead atoms. The molecule has 1 aromatic carbocycles. The molecule has 0 saturated heterocycles. The van der Waals surface area contributed by atoms with Gasteiger partial charge in [-0.2, -0.15) is 13.2 Å². The summed E-state index contributed by atoms with van der Waals surface area (Å²) in [5.41, 5.74) is 1.26. The highest BCUT2D eigenvalue weighted by atomic mass is 19.4. The van der Waals surface area contributed by atoms with Gasteiger partial charge in [-0.05, 0) is 36.6 Å². The normalized spacial score (nSPS) is 13.0. The number of nitrogens with zero attached hydrogens (tertiary/aromatic N) is 2. The predicted molar refractivity (Wildman–Crippen MR) is 81.0 cm³/mol. The number of anilines is 1. The van der Waals surface area contributed by atoms with Crippen molar-refractivity contribution in [1.82, 2.24) is 9.97 Å². The summed E-state index contributed by atoms with van der Waals surface area (Å²) < 4.78 is 38.1. The Hall–Kier alpha value is -2.15. The van der Waals surface area contributed by atoms with E-state index >= 15 is 0 Å². The maximum Gasteiger partial charge on any atom is 0.416 e. The second-order valence-electron chi connectivity index (χ2n) is 5.20. The Morgan fingerprint density at radius 3 is 2.70 bits per heavy atom. The zero-order valence-corrected chi connectivity index (χ0v) is 12.9. The fourth-order valence-electron chi connectivity index (χ4n) is 2.15. The lowest BCUT2D eigenvalue weighted by molar-refractivity contribution is -0.137. The molecule has 0 unspecified atom stereocenters. The van der Waals surface area contributed by atoms with Crippen molar-refractivity contribution < 1.29 is 18.3 Å². The molecule has 0 aliphatic carbocycles. The van der Waals surface area contributed by atoms with Gasteiger partial charge >= 0.3 is 6.18 Å². The van der Waals surface area contributed by atoms with E-state index in [0.29, 0.717) is 5.95 Å². The van der Waals surface area contributed by atoms with Crippen LogP contribution in [-0.4, -0.2) is 21.6 Å². The summed E-state index contributed by atoms with van der Waals surface area (Å²) in [5, 5.41) is 12.9. The van der Waals surface area contributed by atoms with Gasteiger partial charge in [0.2, 0.25) is 5.95 Å². The van der Waals surface area contributed by atoms with E-state index in [0.717, 1.165) is 29.8 Å². The van der Waals surface area contributed by atoms with Gasteiger partial charge in [-0.15, -0.1) is 0 Å². The Balaban J connectivity index is 2.06. The molecule has 2 rings (SSSR count). The van der Waals surface area contributed by atoms with Crippen LogP contribution in [0.3, 0.4) is 0 Å². The third-order valence-electron chi connectivity index (χ3n) is 3.46. The van der Waals surface area contributed by atoms with Crippen LogP contribution >= 0.6 is 0 Å². The van der Waals surface area contributed by atoms with Crippen LogP contribution in [0.25, 0.3) is 0 Å². The van der Waals surface area contributed by atoms with Crippen molar-refractivity contribution in [2.75, 3.05) is 11.9 Å². The maximum atomic E-state index is 12.7. The molecule has 0 aliphatic heterocycles. The van der Waals surface area contributed by atoms with Crippen molar-refractivity contribution >= 4 is 5.95 Å². The molecule has 0 saturated carbocycles. The number of alkyl halides is 3. The highest BCUT2D eigenvalue weighted by Crippen LogP contribution is 2.30. The molecule has 2 N–H and O–H groups in total. The molecule has 1 heterocycles. The Morgan fingerprint density at radius 1 is 1.30 bits per heavy atom. The summed E-state index contributed by atoms with van der Waals surface area (Å²) in [7, 11) is 0. The number of benzene rings is 1. The van der Waals surface area contributed by atoms with Crippen molar-refractivity contribution in [3.05, 3.63) is 52.8 Å². The van der Waals surface area contributed by atoms with Crippen molar-refractivity contribution in [2.24, 2.45) is 0 Å². The summed E-state index contributed by atoms with van der Waals surface area (Å²) in [6.45, 7) is 3.89. The highest BCUT2D eigenvalue weighted by molar-refractivity contribution is 5.32. The largest absolute Gasteiger partial charge is 0.416 e. The van der Waals surface area contributed by atoms with E-state index < -0.39 is 17.8 Å². The van der Waals surface area contributed by atoms with Crippen molar-refractivity contribution in [1.29, 1.82) is 0 Å². The predicted octanol–water partition coefficient (Wildman–Crippen LogP) is 3.51. The molecule has 2 aromatic rings. The number of aliphatic hydroxyl groups excluding tert-OH is 1. The zero-order chi connectivity index (χ0) is 17.0. The van der Waals surface area contributed by atoms with Crippen LogP contribution in [0, 0.1) is 6.92 Å². The van der Waals surface area contributed by atoms with Crippen LogP contribution in [0.1, 0.15) is 35.4 Å². The third kappa shape index (κ3) is 4.41. The Bertz CT molecular complexity index is 674. The van der Waals surface area contributed by atoms with Gasteiger partial charge in [0.1, 0.15) is 0 Å². The van der Waals surface area contributed by atoms with Crippen molar-refractivity contribution in [3.63, 3.8) is 0 Å². The van der Waals surface area contributed by atoms with E-state index in [1.807, 2.05) is 13.8 Å². The molecular formula is C16H18F3N3O. The molecule has 1 atom stereocenters. The summed E-state index contributed by atoms with van der Waals surface area (Å²) in [5.74, 6) is 0.346. The number of hydrogen-bond acceptors (Lipinski definition) is 4. The van der Waals surface area contributed by atoms with E-state index in [1.165, 1.54) is 12.1 Å². The number of nitrogens with one attached hydrogen (secondary N) is 1. The molecule has 1 aromatic heterocycles. The van der Waals surface area contributed by atoms with Crippen LogP contribution in [0.4, 0.5) is 19.1 Å². The van der Waals surface area contributed by atoms with Gasteiger partial charge in [-0.25, -0.2) is 9.97 Å².